The summed E-state index contributed by atoms with van der Waals surface area (Å²) in [5.74, 6) is 0. The smallest absolute Gasteiger partial charge is 0.252 e. The molecular formula is C41H46BN3. The number of benzene rings is 4. The van der Waals surface area contributed by atoms with Crippen LogP contribution < -0.4 is 31.1 Å². The van der Waals surface area contributed by atoms with Crippen LogP contribution in [0.25, 0.3) is 0 Å². The van der Waals surface area contributed by atoms with Gasteiger partial charge >= 0.3 is 0 Å². The van der Waals surface area contributed by atoms with Crippen LogP contribution in [0, 0.1) is 0 Å². The summed E-state index contributed by atoms with van der Waals surface area (Å²) in [4.78, 5) is 8.35. The first-order valence-corrected chi connectivity index (χ1v) is 17.4. The van der Waals surface area contributed by atoms with E-state index in [1.807, 2.05) is 0 Å². The predicted molar refractivity (Wildman–Crippen MR) is 193 cm³/mol. The van der Waals surface area contributed by atoms with Gasteiger partial charge in [0.05, 0.1) is 5.54 Å². The monoisotopic (exact) mass is 591 g/mol. The molecule has 4 heterocycles. The van der Waals surface area contributed by atoms with Crippen LogP contribution in [-0.4, -0.2) is 23.3 Å². The first-order valence-electron chi connectivity index (χ1n) is 17.4. The van der Waals surface area contributed by atoms with Crippen molar-refractivity contribution in [3.05, 3.63) is 90.5 Å². The molecule has 4 heteroatoms. The maximum atomic E-state index is 2.89. The maximum Gasteiger partial charge on any atom is 0.252 e. The molecule has 0 N–H and O–H groups in total. The van der Waals surface area contributed by atoms with Crippen LogP contribution >= 0.6 is 0 Å². The standard InChI is InChI=1S/C41H46BN3/c1-38(2)23-16-24-39(3,4)45(38)33-27-34-36-37-35(33)40(5)25-14-15-26-41(40,6)44(37)32-22-13-11-20-30(32)42(36)29-19-10-12-21-31(29)43(34)28-17-8-7-9-18-28/h7-13,17-22,27H,14-16,23-26H2,1-6H3. The van der Waals surface area contributed by atoms with E-state index in [4.69, 9.17) is 0 Å². The fraction of sp³-hybridized carbons (Fsp3) is 0.415. The molecular weight excluding hydrogens is 545 g/mol. The lowest BCUT2D eigenvalue weighted by atomic mass is 9.33. The molecule has 45 heavy (non-hydrogen) atoms. The van der Waals surface area contributed by atoms with Crippen LogP contribution in [0.3, 0.4) is 0 Å². The van der Waals surface area contributed by atoms with Crippen molar-refractivity contribution in [2.75, 3.05) is 14.7 Å². The molecule has 2 unspecified atom stereocenters. The minimum absolute atomic E-state index is 0.0111. The molecule has 0 amide bonds. The Morgan fingerprint density at radius 3 is 1.89 bits per heavy atom. The van der Waals surface area contributed by atoms with Gasteiger partial charge in [0.25, 0.3) is 6.71 Å². The summed E-state index contributed by atoms with van der Waals surface area (Å²) in [5.41, 5.74) is 14.5. The normalized spacial score (nSPS) is 26.6. The molecule has 4 aromatic rings. The fourth-order valence-corrected chi connectivity index (χ4v) is 10.9. The van der Waals surface area contributed by atoms with E-state index >= 15 is 0 Å². The van der Waals surface area contributed by atoms with Crippen molar-refractivity contribution in [1.29, 1.82) is 0 Å². The van der Waals surface area contributed by atoms with Gasteiger partial charge in [0, 0.05) is 56.2 Å². The van der Waals surface area contributed by atoms with E-state index in [0.29, 0.717) is 0 Å². The molecule has 2 atom stereocenters. The Balaban J connectivity index is 1.47. The average molecular weight is 592 g/mol. The zero-order valence-electron chi connectivity index (χ0n) is 28.0. The van der Waals surface area contributed by atoms with Crippen molar-refractivity contribution in [3.8, 4) is 0 Å². The number of piperidine rings is 1. The van der Waals surface area contributed by atoms with Crippen molar-refractivity contribution in [2.24, 2.45) is 0 Å². The Bertz CT molecular complexity index is 1840. The van der Waals surface area contributed by atoms with Crippen molar-refractivity contribution >= 4 is 57.2 Å². The maximum absolute atomic E-state index is 2.89. The predicted octanol–water partition coefficient (Wildman–Crippen LogP) is 8.59. The molecule has 4 aromatic carbocycles. The van der Waals surface area contributed by atoms with E-state index in [0.717, 1.165) is 0 Å². The minimum Gasteiger partial charge on any atom is -0.361 e. The zero-order valence-corrected chi connectivity index (χ0v) is 28.0. The minimum atomic E-state index is 0.0111. The van der Waals surface area contributed by atoms with Gasteiger partial charge < -0.3 is 14.7 Å². The Hall–Kier alpha value is -3.66. The number of hydrogen-bond acceptors (Lipinski definition) is 3. The van der Waals surface area contributed by atoms with Crippen molar-refractivity contribution < 1.29 is 0 Å². The highest BCUT2D eigenvalue weighted by Gasteiger charge is 2.63. The number of anilines is 6. The van der Waals surface area contributed by atoms with Crippen molar-refractivity contribution in [2.45, 2.75) is 109 Å². The third-order valence-corrected chi connectivity index (χ3v) is 12.9. The Morgan fingerprint density at radius 2 is 1.18 bits per heavy atom. The van der Waals surface area contributed by atoms with E-state index in [2.05, 4.69) is 141 Å². The largest absolute Gasteiger partial charge is 0.361 e. The summed E-state index contributed by atoms with van der Waals surface area (Å²) >= 11 is 0. The van der Waals surface area contributed by atoms with Crippen LogP contribution in [-0.2, 0) is 5.41 Å². The number of rotatable bonds is 2. The molecule has 0 aromatic heterocycles. The summed E-state index contributed by atoms with van der Waals surface area (Å²) in [6.45, 7) is 15.5. The number of nitrogens with zero attached hydrogens (tertiary/aromatic N) is 3. The van der Waals surface area contributed by atoms with Crippen LogP contribution in [0.2, 0.25) is 0 Å². The van der Waals surface area contributed by atoms with Gasteiger partial charge in [0.2, 0.25) is 0 Å². The number of hydrogen-bond donors (Lipinski definition) is 0. The molecule has 0 spiro atoms. The Kier molecular flexibility index (Phi) is 5.52. The van der Waals surface area contributed by atoms with Gasteiger partial charge in [-0.1, -0.05) is 74.4 Å². The topological polar surface area (TPSA) is 9.72 Å². The van der Waals surface area contributed by atoms with Gasteiger partial charge in [0.15, 0.2) is 0 Å². The lowest BCUT2D eigenvalue weighted by molar-refractivity contribution is 0.192. The lowest BCUT2D eigenvalue weighted by Crippen LogP contribution is -2.64. The van der Waals surface area contributed by atoms with Gasteiger partial charge in [-0.25, -0.2) is 0 Å². The van der Waals surface area contributed by atoms with Crippen molar-refractivity contribution in [1.82, 2.24) is 0 Å². The molecule has 0 radical (unpaired) electrons. The molecule has 1 saturated carbocycles. The molecule has 228 valence electrons. The van der Waals surface area contributed by atoms with Gasteiger partial charge in [0.1, 0.15) is 0 Å². The van der Waals surface area contributed by atoms with Gasteiger partial charge in [-0.2, -0.15) is 0 Å². The summed E-state index contributed by atoms with van der Waals surface area (Å²) in [5, 5.41) is 0. The molecule has 5 aliphatic rings. The van der Waals surface area contributed by atoms with E-state index in [1.54, 1.807) is 5.56 Å². The van der Waals surface area contributed by atoms with E-state index in [9.17, 15) is 0 Å². The highest BCUT2D eigenvalue weighted by molar-refractivity contribution is 7.00. The zero-order chi connectivity index (χ0) is 30.9. The summed E-state index contributed by atoms with van der Waals surface area (Å²) < 4.78 is 0. The second-order valence-electron chi connectivity index (χ2n) is 16.2. The highest BCUT2D eigenvalue weighted by Crippen LogP contribution is 2.65. The van der Waals surface area contributed by atoms with Crippen molar-refractivity contribution in [3.63, 3.8) is 0 Å². The first kappa shape index (κ1) is 27.6. The van der Waals surface area contributed by atoms with E-state index in [1.165, 1.54) is 95.5 Å². The quantitative estimate of drug-likeness (QED) is 0.191. The summed E-state index contributed by atoms with van der Waals surface area (Å²) in [7, 11) is 0. The molecule has 2 fully saturated rings. The van der Waals surface area contributed by atoms with Crippen LogP contribution in [0.5, 0.6) is 0 Å². The first-order chi connectivity index (χ1) is 21.6. The van der Waals surface area contributed by atoms with Gasteiger partial charge in [-0.3, -0.25) is 0 Å². The van der Waals surface area contributed by atoms with Gasteiger partial charge in [-0.15, -0.1) is 0 Å². The van der Waals surface area contributed by atoms with E-state index in [-0.39, 0.29) is 28.7 Å². The SMILES string of the molecule is CC1(C)CCCC(C)(C)N1c1cc2c3c4c1C1(C)CCCCC1(C)N4c1ccccc1B3c1ccccc1N2c1ccccc1. The van der Waals surface area contributed by atoms with Crippen LogP contribution in [0.4, 0.5) is 34.1 Å². The van der Waals surface area contributed by atoms with Crippen LogP contribution in [0.1, 0.15) is 92.1 Å². The van der Waals surface area contributed by atoms with Crippen LogP contribution in [0.15, 0.2) is 84.9 Å². The molecule has 3 nitrogen and oxygen atoms in total. The van der Waals surface area contributed by atoms with Gasteiger partial charge in [-0.05, 0) is 113 Å². The third kappa shape index (κ3) is 3.39. The molecule has 9 rings (SSSR count). The van der Waals surface area contributed by atoms with E-state index < -0.39 is 0 Å². The average Bonchev–Trinajstić information content (AvgIpc) is 3.24. The fourth-order valence-electron chi connectivity index (χ4n) is 10.9. The molecule has 1 aliphatic carbocycles. The highest BCUT2D eigenvalue weighted by atomic mass is 15.3. The third-order valence-electron chi connectivity index (χ3n) is 12.9. The number of para-hydroxylation sites is 3. The number of fused-ring (bicyclic) bond motifs is 8. The lowest BCUT2D eigenvalue weighted by Gasteiger charge is -2.56. The molecule has 4 aliphatic heterocycles. The second kappa shape index (κ2) is 8.99. The molecule has 1 saturated heterocycles. The second-order valence-corrected chi connectivity index (χ2v) is 16.2. The Morgan fingerprint density at radius 1 is 0.578 bits per heavy atom. The Labute approximate surface area is 270 Å². The summed E-state index contributed by atoms with van der Waals surface area (Å²) in [6.07, 6.45) is 8.76. The molecule has 0 bridgehead atoms. The summed E-state index contributed by atoms with van der Waals surface area (Å²) in [6, 6.07) is 32.4.